The molecule has 2 aliphatic heterocycles. The van der Waals surface area contributed by atoms with Gasteiger partial charge in [-0.25, -0.2) is 9.50 Å². The molecule has 1 N–H and O–H groups in total. The number of halogens is 2. The van der Waals surface area contributed by atoms with Crippen LogP contribution in [0.1, 0.15) is 12.0 Å². The van der Waals surface area contributed by atoms with E-state index < -0.39 is 0 Å². The largest absolute Gasteiger partial charge is 0.356 e. The SMILES string of the molecule is ClOCl.Cn1cc(-c2cc(-c3ccc(N4CCC5(CNC5)C4)nc3)c3c(C#N)cnn3c2)cn1. The smallest absolute Gasteiger partial charge is 0.128 e. The van der Waals surface area contributed by atoms with Crippen LogP contribution in [0.3, 0.4) is 0 Å². The van der Waals surface area contributed by atoms with Crippen molar-refractivity contribution >= 4 is 35.1 Å². The van der Waals surface area contributed by atoms with Gasteiger partial charge in [-0.05, 0) is 24.6 Å². The van der Waals surface area contributed by atoms with E-state index in [1.54, 1.807) is 15.4 Å². The van der Waals surface area contributed by atoms with Gasteiger partial charge >= 0.3 is 0 Å². The summed E-state index contributed by atoms with van der Waals surface area (Å²) >= 11 is 8.53. The molecule has 1 spiro atoms. The van der Waals surface area contributed by atoms with Crippen LogP contribution in [0.15, 0.2) is 49.2 Å². The zero-order valence-electron chi connectivity index (χ0n) is 18.4. The normalized spacial score (nSPS) is 16.2. The molecule has 4 aromatic rings. The summed E-state index contributed by atoms with van der Waals surface area (Å²) in [6.07, 6.45) is 10.5. The second-order valence-electron chi connectivity index (χ2n) is 8.75. The highest BCUT2D eigenvalue weighted by atomic mass is 35.6. The van der Waals surface area contributed by atoms with Crippen molar-refractivity contribution in [2.75, 3.05) is 31.1 Å². The Bertz CT molecular complexity index is 1350. The number of pyridine rings is 2. The van der Waals surface area contributed by atoms with Crippen molar-refractivity contribution in [2.45, 2.75) is 6.42 Å². The van der Waals surface area contributed by atoms with E-state index in [2.05, 4.69) is 72.3 Å². The average molecular weight is 497 g/mol. The number of hydrogen-bond acceptors (Lipinski definition) is 7. The van der Waals surface area contributed by atoms with Crippen LogP contribution in [0, 0.1) is 16.7 Å². The Morgan fingerprint density at radius 3 is 2.50 bits per heavy atom. The quantitative estimate of drug-likeness (QED) is 0.460. The van der Waals surface area contributed by atoms with E-state index in [1.165, 1.54) is 6.42 Å². The Morgan fingerprint density at radius 2 is 1.91 bits per heavy atom. The Kier molecular flexibility index (Phi) is 6.15. The minimum atomic E-state index is 0.434. The zero-order valence-corrected chi connectivity index (χ0v) is 20.0. The van der Waals surface area contributed by atoms with Gasteiger partial charge in [-0.1, -0.05) is 0 Å². The van der Waals surface area contributed by atoms with Gasteiger partial charge in [-0.3, -0.25) is 4.68 Å². The summed E-state index contributed by atoms with van der Waals surface area (Å²) < 4.78 is 6.75. The first kappa shape index (κ1) is 22.6. The molecule has 4 aromatic heterocycles. The van der Waals surface area contributed by atoms with Crippen LogP contribution < -0.4 is 10.2 Å². The highest BCUT2D eigenvalue weighted by molar-refractivity contribution is 6.24. The summed E-state index contributed by atoms with van der Waals surface area (Å²) in [6, 6.07) is 8.55. The third-order valence-corrected chi connectivity index (χ3v) is 6.59. The molecule has 11 heteroatoms. The van der Waals surface area contributed by atoms with Gasteiger partial charge in [0.05, 0.1) is 47.2 Å². The van der Waals surface area contributed by atoms with Crippen LogP contribution in [-0.4, -0.2) is 50.6 Å². The van der Waals surface area contributed by atoms with Crippen LogP contribution in [0.4, 0.5) is 5.82 Å². The second kappa shape index (κ2) is 9.24. The van der Waals surface area contributed by atoms with Crippen molar-refractivity contribution in [1.82, 2.24) is 29.7 Å². The number of aryl methyl sites for hydroxylation is 1. The van der Waals surface area contributed by atoms with E-state index in [0.717, 1.165) is 59.8 Å². The summed E-state index contributed by atoms with van der Waals surface area (Å²) in [4.78, 5) is 7.17. The Hall–Kier alpha value is -3.16. The summed E-state index contributed by atoms with van der Waals surface area (Å²) in [5, 5.41) is 21.7. The Balaban J connectivity index is 0.000000764. The number of nitrogens with zero attached hydrogens (tertiary/aromatic N) is 7. The summed E-state index contributed by atoms with van der Waals surface area (Å²) in [5.74, 6) is 1.01. The van der Waals surface area contributed by atoms with Crippen molar-refractivity contribution in [3.05, 3.63) is 54.7 Å². The molecule has 2 aliphatic rings. The van der Waals surface area contributed by atoms with Gasteiger partial charge in [0, 0.05) is 79.5 Å². The molecular formula is C23H22Cl2N8O. The molecule has 0 amide bonds. The maximum Gasteiger partial charge on any atom is 0.128 e. The lowest BCUT2D eigenvalue weighted by molar-refractivity contribution is 0.199. The number of nitrogens with one attached hydrogen (secondary N) is 1. The fourth-order valence-electron chi connectivity index (χ4n) is 4.78. The molecule has 174 valence electrons. The molecule has 2 saturated heterocycles. The molecule has 0 bridgehead atoms. The molecule has 0 atom stereocenters. The average Bonchev–Trinajstić information content (AvgIpc) is 3.57. The fourth-order valence-corrected chi connectivity index (χ4v) is 4.78. The van der Waals surface area contributed by atoms with Gasteiger partial charge in [0.1, 0.15) is 11.9 Å². The summed E-state index contributed by atoms with van der Waals surface area (Å²) in [5.41, 5.74) is 5.68. The number of fused-ring (bicyclic) bond motifs is 1. The molecule has 0 radical (unpaired) electrons. The molecule has 2 fully saturated rings. The first-order chi connectivity index (χ1) is 16.6. The summed E-state index contributed by atoms with van der Waals surface area (Å²) in [6.45, 7) is 4.34. The van der Waals surface area contributed by atoms with Gasteiger partial charge in [-0.2, -0.15) is 19.3 Å². The first-order valence-electron chi connectivity index (χ1n) is 10.8. The molecule has 34 heavy (non-hydrogen) atoms. The number of aromatic nitrogens is 5. The van der Waals surface area contributed by atoms with Gasteiger partial charge in [0.2, 0.25) is 0 Å². The molecular weight excluding hydrogens is 475 g/mol. The minimum absolute atomic E-state index is 0.434. The van der Waals surface area contributed by atoms with Gasteiger partial charge in [0.25, 0.3) is 0 Å². The maximum atomic E-state index is 9.61. The van der Waals surface area contributed by atoms with Gasteiger partial charge < -0.3 is 10.2 Å². The Labute approximate surface area is 206 Å². The summed E-state index contributed by atoms with van der Waals surface area (Å²) in [7, 11) is 1.90. The van der Waals surface area contributed by atoms with Crippen LogP contribution >= 0.6 is 23.7 Å². The predicted molar refractivity (Wildman–Crippen MR) is 130 cm³/mol. The van der Waals surface area contributed by atoms with Crippen molar-refractivity contribution in [2.24, 2.45) is 12.5 Å². The predicted octanol–water partition coefficient (Wildman–Crippen LogP) is 3.78. The third-order valence-electron chi connectivity index (χ3n) is 6.59. The standard InChI is InChI=1S/C23H22N8.Cl2O/c1-29-11-19(10-27-29)17-6-20(22-18(7-24)9-28-31(22)12-17)16-2-3-21(26-8-16)30-5-4-23(15-30)13-25-14-23;1-3-2/h2-3,6,8-12,25H,4-5,13-15H2,1H3;. The second-order valence-corrected chi connectivity index (χ2v) is 9.21. The minimum Gasteiger partial charge on any atom is -0.356 e. The molecule has 6 heterocycles. The van der Waals surface area contributed by atoms with Crippen molar-refractivity contribution in [1.29, 1.82) is 5.26 Å². The fraction of sp³-hybridized carbons (Fsp3) is 0.304. The number of rotatable bonds is 3. The highest BCUT2D eigenvalue weighted by Crippen LogP contribution is 2.37. The third kappa shape index (κ3) is 4.10. The van der Waals surface area contributed by atoms with Gasteiger partial charge in [0.15, 0.2) is 0 Å². The monoisotopic (exact) mass is 496 g/mol. The van der Waals surface area contributed by atoms with E-state index in [9.17, 15) is 5.26 Å². The first-order valence-corrected chi connectivity index (χ1v) is 11.4. The molecule has 0 unspecified atom stereocenters. The van der Waals surface area contributed by atoms with E-state index in [-0.39, 0.29) is 0 Å². The number of hydrogen-bond donors (Lipinski definition) is 1. The Morgan fingerprint density at radius 1 is 1.09 bits per heavy atom. The van der Waals surface area contributed by atoms with Crippen molar-refractivity contribution in [3.63, 3.8) is 0 Å². The number of nitriles is 1. The van der Waals surface area contributed by atoms with Crippen LogP contribution in [0.2, 0.25) is 0 Å². The molecule has 0 aromatic carbocycles. The van der Waals surface area contributed by atoms with Crippen LogP contribution in [0.5, 0.6) is 0 Å². The van der Waals surface area contributed by atoms with E-state index in [1.807, 2.05) is 31.8 Å². The van der Waals surface area contributed by atoms with Crippen molar-refractivity contribution in [3.8, 4) is 28.3 Å². The highest BCUT2D eigenvalue weighted by Gasteiger charge is 2.43. The van der Waals surface area contributed by atoms with Crippen LogP contribution in [-0.2, 0) is 10.9 Å². The molecule has 9 nitrogen and oxygen atoms in total. The number of anilines is 1. The topological polar surface area (TPSA) is 96.3 Å². The zero-order chi connectivity index (χ0) is 23.7. The molecule has 6 rings (SSSR count). The lowest BCUT2D eigenvalue weighted by Gasteiger charge is -2.39. The maximum absolute atomic E-state index is 9.61. The van der Waals surface area contributed by atoms with E-state index in [0.29, 0.717) is 11.0 Å². The van der Waals surface area contributed by atoms with E-state index >= 15 is 0 Å². The lowest BCUT2D eigenvalue weighted by atomic mass is 9.81. The van der Waals surface area contributed by atoms with Crippen LogP contribution in [0.25, 0.3) is 27.8 Å². The lowest BCUT2D eigenvalue weighted by Crippen LogP contribution is -2.54. The van der Waals surface area contributed by atoms with Crippen molar-refractivity contribution < 1.29 is 3.84 Å². The molecule has 0 saturated carbocycles. The molecule has 0 aliphatic carbocycles. The van der Waals surface area contributed by atoms with E-state index in [4.69, 9.17) is 4.98 Å². The van der Waals surface area contributed by atoms with Gasteiger partial charge in [-0.15, -0.1) is 0 Å².